The lowest BCUT2D eigenvalue weighted by Crippen LogP contribution is -1.96. The summed E-state index contributed by atoms with van der Waals surface area (Å²) in [4.78, 5) is 8.11. The summed E-state index contributed by atoms with van der Waals surface area (Å²) in [5.41, 5.74) is 1.73. The van der Waals surface area contributed by atoms with Gasteiger partial charge >= 0.3 is 0 Å². The van der Waals surface area contributed by atoms with Crippen LogP contribution in [0.25, 0.3) is 5.65 Å². The van der Waals surface area contributed by atoms with Gasteiger partial charge in [0.1, 0.15) is 5.15 Å². The van der Waals surface area contributed by atoms with Crippen molar-refractivity contribution in [2.24, 2.45) is 0 Å². The summed E-state index contributed by atoms with van der Waals surface area (Å²) in [6.07, 6.45) is 3.52. The molecule has 2 heterocycles. The Kier molecular flexibility index (Phi) is 2.37. The zero-order valence-corrected chi connectivity index (χ0v) is 9.34. The third-order valence-electron chi connectivity index (χ3n) is 2.04. The Labute approximate surface area is 91.7 Å². The van der Waals surface area contributed by atoms with E-state index in [1.54, 1.807) is 12.4 Å². The van der Waals surface area contributed by atoms with E-state index in [-0.39, 0.29) is 0 Å². The summed E-state index contributed by atoms with van der Waals surface area (Å²) in [7, 11) is 0. The number of fused-ring (bicyclic) bond motifs is 1. The molecule has 0 spiro atoms. The molecule has 0 aliphatic carbocycles. The molecule has 0 amide bonds. The molecule has 0 aliphatic rings. The highest BCUT2D eigenvalue weighted by molar-refractivity contribution is 6.34. The van der Waals surface area contributed by atoms with E-state index < -0.39 is 0 Å². The fourth-order valence-corrected chi connectivity index (χ4v) is 1.82. The van der Waals surface area contributed by atoms with Crippen LogP contribution in [0.1, 0.15) is 25.5 Å². The van der Waals surface area contributed by atoms with E-state index in [9.17, 15) is 0 Å². The summed E-state index contributed by atoms with van der Waals surface area (Å²) in [5, 5.41) is 0.715. The molecule has 3 nitrogen and oxygen atoms in total. The van der Waals surface area contributed by atoms with Gasteiger partial charge in [0.2, 0.25) is 0 Å². The van der Waals surface area contributed by atoms with Crippen LogP contribution in [-0.4, -0.2) is 14.4 Å². The van der Waals surface area contributed by atoms with Crippen LogP contribution in [0.5, 0.6) is 0 Å². The van der Waals surface area contributed by atoms with Crippen LogP contribution in [0.2, 0.25) is 10.3 Å². The van der Waals surface area contributed by atoms with E-state index >= 15 is 0 Å². The van der Waals surface area contributed by atoms with Gasteiger partial charge in [0.05, 0.1) is 0 Å². The standard InChI is InChI=1S/C9H9Cl2N3/c1-5(2)6-3-12-9-8(11)13-7(10)4-14(6)9/h3-5H,1-2H3. The average Bonchev–Trinajstić information content (AvgIpc) is 2.47. The number of nitrogens with zero attached hydrogens (tertiary/aromatic N) is 3. The zero-order valence-electron chi connectivity index (χ0n) is 7.83. The second-order valence-corrected chi connectivity index (χ2v) is 4.13. The highest BCUT2D eigenvalue weighted by Crippen LogP contribution is 2.22. The van der Waals surface area contributed by atoms with Crippen molar-refractivity contribution in [1.29, 1.82) is 0 Å². The minimum atomic E-state index is 0.337. The van der Waals surface area contributed by atoms with Crippen molar-refractivity contribution in [1.82, 2.24) is 14.4 Å². The van der Waals surface area contributed by atoms with Gasteiger partial charge in [-0.2, -0.15) is 0 Å². The van der Waals surface area contributed by atoms with Crippen LogP contribution in [0.4, 0.5) is 0 Å². The van der Waals surface area contributed by atoms with Crippen molar-refractivity contribution >= 4 is 28.8 Å². The molecule has 0 radical (unpaired) electrons. The van der Waals surface area contributed by atoms with Crippen LogP contribution in [-0.2, 0) is 0 Å². The minimum absolute atomic E-state index is 0.337. The van der Waals surface area contributed by atoms with Gasteiger partial charge in [-0.1, -0.05) is 37.0 Å². The Balaban J connectivity index is 2.78. The summed E-state index contributed by atoms with van der Waals surface area (Å²) in [6, 6.07) is 0. The predicted octanol–water partition coefficient (Wildman–Crippen LogP) is 3.16. The van der Waals surface area contributed by atoms with Crippen LogP contribution in [0, 0.1) is 0 Å². The molecule has 0 aromatic carbocycles. The molecule has 0 atom stereocenters. The fraction of sp³-hybridized carbons (Fsp3) is 0.333. The third-order valence-corrected chi connectivity index (χ3v) is 2.48. The van der Waals surface area contributed by atoms with Gasteiger partial charge in [-0.05, 0) is 5.92 Å². The Bertz CT molecular complexity index is 476. The lowest BCUT2D eigenvalue weighted by atomic mass is 10.1. The average molecular weight is 230 g/mol. The van der Waals surface area contributed by atoms with Gasteiger partial charge in [0.25, 0.3) is 0 Å². The summed E-state index contributed by atoms with van der Waals surface area (Å²) in [5.74, 6) is 0.375. The van der Waals surface area contributed by atoms with E-state index in [1.807, 2.05) is 4.40 Å². The van der Waals surface area contributed by atoms with Gasteiger partial charge in [-0.15, -0.1) is 0 Å². The number of imidazole rings is 1. The van der Waals surface area contributed by atoms with Gasteiger partial charge in [-0.3, -0.25) is 4.40 Å². The van der Waals surface area contributed by atoms with Crippen molar-refractivity contribution in [3.63, 3.8) is 0 Å². The lowest BCUT2D eigenvalue weighted by molar-refractivity contribution is 0.807. The molecular weight excluding hydrogens is 221 g/mol. The summed E-state index contributed by atoms with van der Waals surface area (Å²) < 4.78 is 1.88. The number of halogens is 2. The first kappa shape index (κ1) is 9.74. The zero-order chi connectivity index (χ0) is 10.3. The number of rotatable bonds is 1. The van der Waals surface area contributed by atoms with Gasteiger partial charge in [0.15, 0.2) is 10.8 Å². The second kappa shape index (κ2) is 3.41. The molecule has 0 unspecified atom stereocenters. The highest BCUT2D eigenvalue weighted by Gasteiger charge is 2.10. The molecule has 0 aliphatic heterocycles. The van der Waals surface area contributed by atoms with Crippen LogP contribution in [0.15, 0.2) is 12.4 Å². The highest BCUT2D eigenvalue weighted by atomic mass is 35.5. The molecule has 2 aromatic heterocycles. The number of hydrogen-bond donors (Lipinski definition) is 0. The molecule has 0 fully saturated rings. The number of aromatic nitrogens is 3. The maximum absolute atomic E-state index is 5.90. The van der Waals surface area contributed by atoms with Crippen molar-refractivity contribution in [2.45, 2.75) is 19.8 Å². The third kappa shape index (κ3) is 1.47. The van der Waals surface area contributed by atoms with E-state index in [4.69, 9.17) is 23.2 Å². The Hall–Kier alpha value is -0.800. The second-order valence-electron chi connectivity index (χ2n) is 3.39. The maximum Gasteiger partial charge on any atom is 0.175 e. The normalized spacial score (nSPS) is 11.5. The molecule has 2 rings (SSSR count). The smallest absolute Gasteiger partial charge is 0.175 e. The van der Waals surface area contributed by atoms with Crippen LogP contribution < -0.4 is 0 Å². The Morgan fingerprint density at radius 3 is 2.71 bits per heavy atom. The van der Waals surface area contributed by atoms with E-state index in [0.717, 1.165) is 5.69 Å². The minimum Gasteiger partial charge on any atom is -0.298 e. The first-order valence-electron chi connectivity index (χ1n) is 4.28. The Morgan fingerprint density at radius 1 is 1.36 bits per heavy atom. The molecule has 0 saturated heterocycles. The van der Waals surface area contributed by atoms with Crippen molar-refractivity contribution in [3.05, 3.63) is 28.4 Å². The SMILES string of the molecule is CC(C)c1cnc2c(Cl)nc(Cl)cn12. The number of hydrogen-bond acceptors (Lipinski definition) is 2. The van der Waals surface area contributed by atoms with Crippen molar-refractivity contribution in [3.8, 4) is 0 Å². The van der Waals surface area contributed by atoms with Gasteiger partial charge in [0, 0.05) is 18.1 Å². The lowest BCUT2D eigenvalue weighted by Gasteiger charge is -2.04. The Morgan fingerprint density at radius 2 is 2.07 bits per heavy atom. The molecule has 0 N–H and O–H groups in total. The first-order valence-corrected chi connectivity index (χ1v) is 5.04. The maximum atomic E-state index is 5.90. The monoisotopic (exact) mass is 229 g/mol. The summed E-state index contributed by atoms with van der Waals surface area (Å²) in [6.45, 7) is 4.18. The van der Waals surface area contributed by atoms with Gasteiger partial charge < -0.3 is 0 Å². The summed E-state index contributed by atoms with van der Waals surface area (Å²) >= 11 is 11.7. The molecule has 2 aromatic rings. The topological polar surface area (TPSA) is 30.2 Å². The van der Waals surface area contributed by atoms with E-state index in [2.05, 4.69) is 23.8 Å². The molecule has 74 valence electrons. The van der Waals surface area contributed by atoms with Crippen molar-refractivity contribution in [2.75, 3.05) is 0 Å². The predicted molar refractivity (Wildman–Crippen MR) is 57.1 cm³/mol. The fourth-order valence-electron chi connectivity index (χ4n) is 1.37. The first-order chi connectivity index (χ1) is 6.59. The largest absolute Gasteiger partial charge is 0.298 e. The molecular formula is C9H9Cl2N3. The van der Waals surface area contributed by atoms with Crippen LogP contribution >= 0.6 is 23.2 Å². The molecule has 5 heteroatoms. The van der Waals surface area contributed by atoms with Gasteiger partial charge in [-0.25, -0.2) is 9.97 Å². The van der Waals surface area contributed by atoms with Crippen molar-refractivity contribution < 1.29 is 0 Å². The van der Waals surface area contributed by atoms with Crippen LogP contribution in [0.3, 0.4) is 0 Å². The quantitative estimate of drug-likeness (QED) is 0.753. The van der Waals surface area contributed by atoms with E-state index in [1.165, 1.54) is 0 Å². The molecule has 14 heavy (non-hydrogen) atoms. The van der Waals surface area contributed by atoms with E-state index in [0.29, 0.717) is 21.9 Å². The molecule has 0 bridgehead atoms. The molecule has 0 saturated carbocycles.